The molecular weight excluding hydrogens is 667 g/mol. The molecule has 2 heterocycles. The average Bonchev–Trinajstić information content (AvgIpc) is 3.51. The van der Waals surface area contributed by atoms with E-state index in [0.29, 0.717) is 5.92 Å². The van der Waals surface area contributed by atoms with E-state index in [2.05, 4.69) is 86.6 Å². The SMILES string of the molecule is CCCc1ccc(-c2ccc(-c3ccc(C4CCCC4)s3)c(F)c2)cc1.CCCc1ccc(-c2ccc(-c3ccc(CC4CC4)s3)c(F)c2)cc1. The summed E-state index contributed by atoms with van der Waals surface area (Å²) in [5, 5.41) is 0. The summed E-state index contributed by atoms with van der Waals surface area (Å²) in [6, 6.07) is 36.8. The molecule has 0 bridgehead atoms. The fourth-order valence-corrected chi connectivity index (χ4v) is 9.61. The van der Waals surface area contributed by atoms with E-state index in [0.717, 1.165) is 81.2 Å². The van der Waals surface area contributed by atoms with Gasteiger partial charge in [0.2, 0.25) is 0 Å². The molecule has 0 aliphatic heterocycles. The van der Waals surface area contributed by atoms with E-state index in [4.69, 9.17) is 0 Å². The molecule has 2 aliphatic carbocycles. The van der Waals surface area contributed by atoms with Crippen LogP contribution in [0.1, 0.15) is 92.0 Å². The summed E-state index contributed by atoms with van der Waals surface area (Å²) in [7, 11) is 0. The molecule has 4 aromatic carbocycles. The lowest BCUT2D eigenvalue weighted by atomic mass is 10.0. The van der Waals surface area contributed by atoms with Gasteiger partial charge in [-0.2, -0.15) is 0 Å². The molecule has 8 rings (SSSR count). The van der Waals surface area contributed by atoms with E-state index >= 15 is 0 Å². The zero-order valence-corrected chi connectivity index (χ0v) is 31.5. The molecule has 0 saturated heterocycles. The molecule has 2 saturated carbocycles. The molecule has 262 valence electrons. The molecular formula is C47H48F2S2. The molecule has 6 aromatic rings. The van der Waals surface area contributed by atoms with E-state index in [1.54, 1.807) is 34.8 Å². The maximum Gasteiger partial charge on any atom is 0.132 e. The number of hydrogen-bond donors (Lipinski definition) is 0. The van der Waals surface area contributed by atoms with Crippen molar-refractivity contribution in [2.75, 3.05) is 0 Å². The van der Waals surface area contributed by atoms with Crippen LogP contribution < -0.4 is 0 Å². The number of aryl methyl sites for hydroxylation is 2. The molecule has 2 fully saturated rings. The van der Waals surface area contributed by atoms with Gasteiger partial charge in [0.1, 0.15) is 11.6 Å². The molecule has 0 N–H and O–H groups in total. The van der Waals surface area contributed by atoms with Gasteiger partial charge in [0.15, 0.2) is 0 Å². The first-order valence-electron chi connectivity index (χ1n) is 18.9. The van der Waals surface area contributed by atoms with Crippen LogP contribution in [0.5, 0.6) is 0 Å². The van der Waals surface area contributed by atoms with Crippen LogP contribution in [-0.4, -0.2) is 0 Å². The molecule has 2 aliphatic rings. The van der Waals surface area contributed by atoms with Gasteiger partial charge in [-0.15, -0.1) is 22.7 Å². The highest BCUT2D eigenvalue weighted by molar-refractivity contribution is 7.15. The summed E-state index contributed by atoms with van der Waals surface area (Å²) in [4.78, 5) is 4.90. The van der Waals surface area contributed by atoms with Gasteiger partial charge in [-0.25, -0.2) is 8.78 Å². The van der Waals surface area contributed by atoms with E-state index in [1.807, 2.05) is 24.3 Å². The van der Waals surface area contributed by atoms with Gasteiger partial charge in [-0.3, -0.25) is 0 Å². The topological polar surface area (TPSA) is 0 Å². The van der Waals surface area contributed by atoms with Crippen LogP contribution in [0, 0.1) is 17.6 Å². The van der Waals surface area contributed by atoms with Crippen LogP contribution in [0.2, 0.25) is 0 Å². The number of halogens is 2. The number of rotatable bonds is 11. The first kappa shape index (κ1) is 35.5. The van der Waals surface area contributed by atoms with Gasteiger partial charge in [0, 0.05) is 30.6 Å². The number of hydrogen-bond acceptors (Lipinski definition) is 2. The van der Waals surface area contributed by atoms with Gasteiger partial charge < -0.3 is 0 Å². The molecule has 0 amide bonds. The van der Waals surface area contributed by atoms with Crippen molar-refractivity contribution in [2.24, 2.45) is 5.92 Å². The van der Waals surface area contributed by atoms with E-state index in [-0.39, 0.29) is 11.6 Å². The van der Waals surface area contributed by atoms with Gasteiger partial charge in [-0.05, 0) is 139 Å². The molecule has 2 aromatic heterocycles. The highest BCUT2D eigenvalue weighted by Gasteiger charge is 2.23. The van der Waals surface area contributed by atoms with Crippen molar-refractivity contribution >= 4 is 22.7 Å². The Morgan fingerprint density at radius 2 is 1.02 bits per heavy atom. The molecule has 0 nitrogen and oxygen atoms in total. The van der Waals surface area contributed by atoms with Crippen molar-refractivity contribution in [3.05, 3.63) is 142 Å². The minimum absolute atomic E-state index is 0.125. The Morgan fingerprint density at radius 1 is 0.529 bits per heavy atom. The Hall–Kier alpha value is -3.86. The maximum atomic E-state index is 14.8. The predicted molar refractivity (Wildman–Crippen MR) is 216 cm³/mol. The number of thiophene rings is 2. The van der Waals surface area contributed by atoms with Gasteiger partial charge >= 0.3 is 0 Å². The standard InChI is InChI=1S/C24H25FS.C23H23FS/c1-2-5-17-8-10-18(11-9-17)20-12-13-21(22(25)16-20)24-15-14-23(26-24)19-6-3-4-7-19;1-2-3-16-6-8-18(9-7-16)19-10-12-21(22(24)15-19)23-13-11-20(25-23)14-17-4-5-17/h8-16,19H,2-7H2,1H3;6-13,15,17H,2-5,14H2,1H3. The monoisotopic (exact) mass is 714 g/mol. The summed E-state index contributed by atoms with van der Waals surface area (Å²) in [6.07, 6.45) is 13.6. The Morgan fingerprint density at radius 3 is 1.51 bits per heavy atom. The van der Waals surface area contributed by atoms with Crippen LogP contribution in [0.15, 0.2) is 109 Å². The highest BCUT2D eigenvalue weighted by Crippen LogP contribution is 2.41. The third kappa shape index (κ3) is 8.96. The lowest BCUT2D eigenvalue weighted by Crippen LogP contribution is -1.87. The Balaban J connectivity index is 0.000000159. The van der Waals surface area contributed by atoms with Gasteiger partial charge in [0.05, 0.1) is 0 Å². The Bertz CT molecular complexity index is 2020. The number of benzene rings is 4. The summed E-state index contributed by atoms with van der Waals surface area (Å²) < 4.78 is 29.5. The molecule has 0 radical (unpaired) electrons. The summed E-state index contributed by atoms with van der Waals surface area (Å²) in [6.45, 7) is 4.37. The van der Waals surface area contributed by atoms with Crippen LogP contribution in [-0.2, 0) is 19.3 Å². The normalized spacial score (nSPS) is 14.4. The second kappa shape index (κ2) is 16.7. The van der Waals surface area contributed by atoms with Crippen LogP contribution in [0.3, 0.4) is 0 Å². The Labute approximate surface area is 311 Å². The molecule has 4 heteroatoms. The first-order chi connectivity index (χ1) is 25.0. The van der Waals surface area contributed by atoms with E-state index < -0.39 is 0 Å². The predicted octanol–water partition coefficient (Wildman–Crippen LogP) is 15.0. The largest absolute Gasteiger partial charge is 0.206 e. The maximum absolute atomic E-state index is 14.8. The first-order valence-corrected chi connectivity index (χ1v) is 20.6. The molecule has 0 atom stereocenters. The van der Waals surface area contributed by atoms with E-state index in [9.17, 15) is 8.78 Å². The summed E-state index contributed by atoms with van der Waals surface area (Å²) in [5.41, 5.74) is 8.17. The van der Waals surface area contributed by atoms with Crippen molar-refractivity contribution in [1.29, 1.82) is 0 Å². The fourth-order valence-electron chi connectivity index (χ4n) is 7.26. The highest BCUT2D eigenvalue weighted by atomic mass is 32.1. The third-order valence-electron chi connectivity index (χ3n) is 10.4. The quantitative estimate of drug-likeness (QED) is 0.125. The molecule has 0 unspecified atom stereocenters. The minimum Gasteiger partial charge on any atom is -0.206 e. The van der Waals surface area contributed by atoms with Crippen LogP contribution in [0.25, 0.3) is 43.1 Å². The van der Waals surface area contributed by atoms with Crippen LogP contribution >= 0.6 is 22.7 Å². The second-order valence-corrected chi connectivity index (χ2v) is 16.7. The summed E-state index contributed by atoms with van der Waals surface area (Å²) in [5.74, 6) is 1.31. The zero-order chi connectivity index (χ0) is 35.2. The van der Waals surface area contributed by atoms with Crippen LogP contribution in [0.4, 0.5) is 8.78 Å². The van der Waals surface area contributed by atoms with Crippen molar-refractivity contribution < 1.29 is 8.78 Å². The zero-order valence-electron chi connectivity index (χ0n) is 29.9. The smallest absolute Gasteiger partial charge is 0.132 e. The third-order valence-corrected chi connectivity index (χ3v) is 12.8. The minimum atomic E-state index is -0.130. The lowest BCUT2D eigenvalue weighted by Gasteiger charge is -2.07. The van der Waals surface area contributed by atoms with Crippen molar-refractivity contribution in [3.63, 3.8) is 0 Å². The summed E-state index contributed by atoms with van der Waals surface area (Å²) >= 11 is 3.50. The lowest BCUT2D eigenvalue weighted by molar-refractivity contribution is 0.632. The second-order valence-electron chi connectivity index (χ2n) is 14.4. The van der Waals surface area contributed by atoms with Gasteiger partial charge in [0.25, 0.3) is 0 Å². The van der Waals surface area contributed by atoms with E-state index in [1.165, 1.54) is 59.4 Å². The van der Waals surface area contributed by atoms with Crippen molar-refractivity contribution in [3.8, 4) is 43.1 Å². The molecule has 0 spiro atoms. The Kier molecular flexibility index (Phi) is 11.6. The van der Waals surface area contributed by atoms with Crippen molar-refractivity contribution in [2.45, 2.75) is 90.4 Å². The van der Waals surface area contributed by atoms with Crippen molar-refractivity contribution in [1.82, 2.24) is 0 Å². The van der Waals surface area contributed by atoms with Gasteiger partial charge in [-0.1, -0.05) is 100 Å². The average molecular weight is 715 g/mol. The fraction of sp³-hybridized carbons (Fsp3) is 0.319. The molecule has 51 heavy (non-hydrogen) atoms.